The number of pyridine rings is 1. The average Bonchev–Trinajstić information content (AvgIpc) is 2.41. The first-order valence-corrected chi connectivity index (χ1v) is 5.87. The molecule has 1 aliphatic heterocycles. The van der Waals surface area contributed by atoms with Crippen LogP contribution in [0.25, 0.3) is 0 Å². The molecule has 1 aliphatic rings. The van der Waals surface area contributed by atoms with Crippen LogP contribution in [0.15, 0.2) is 29.5 Å². The van der Waals surface area contributed by atoms with Gasteiger partial charge in [0, 0.05) is 19.3 Å². The number of carbonyl (C=O) groups is 1. The van der Waals surface area contributed by atoms with Gasteiger partial charge < -0.3 is 14.2 Å². The molecule has 2 heterocycles. The van der Waals surface area contributed by atoms with Crippen molar-refractivity contribution in [1.29, 1.82) is 0 Å². The van der Waals surface area contributed by atoms with Gasteiger partial charge in [-0.05, 0) is 12.1 Å². The Hall–Kier alpha value is -2.22. The van der Waals surface area contributed by atoms with E-state index in [0.29, 0.717) is 26.3 Å². The van der Waals surface area contributed by atoms with Crippen LogP contribution < -0.4 is 5.49 Å². The first-order valence-electron chi connectivity index (χ1n) is 5.87. The molecule has 0 atom stereocenters. The second-order valence-corrected chi connectivity index (χ2v) is 4.02. The van der Waals surface area contributed by atoms with Crippen LogP contribution in [0.4, 0.5) is 0 Å². The molecule has 1 aromatic rings. The molecule has 102 valence electrons. The predicted molar refractivity (Wildman–Crippen MR) is 64.4 cm³/mol. The summed E-state index contributed by atoms with van der Waals surface area (Å²) in [7, 11) is 0. The van der Waals surface area contributed by atoms with Crippen LogP contribution in [0.2, 0.25) is 0 Å². The zero-order chi connectivity index (χ0) is 13.7. The van der Waals surface area contributed by atoms with Crippen molar-refractivity contribution in [2.24, 2.45) is 5.10 Å². The summed E-state index contributed by atoms with van der Waals surface area (Å²) in [5.41, 5.74) is 0.147. The highest BCUT2D eigenvalue weighted by atomic mass is 16.7. The van der Waals surface area contributed by atoms with Gasteiger partial charge in [0.15, 0.2) is 5.03 Å². The lowest BCUT2D eigenvalue weighted by atomic mass is 10.4. The second-order valence-electron chi connectivity index (χ2n) is 4.02. The van der Waals surface area contributed by atoms with E-state index in [9.17, 15) is 14.9 Å². The quantitative estimate of drug-likeness (QED) is 0.541. The third kappa shape index (κ3) is 3.62. The second kappa shape index (κ2) is 6.10. The van der Waals surface area contributed by atoms with Gasteiger partial charge in [0.25, 0.3) is 0 Å². The summed E-state index contributed by atoms with van der Waals surface area (Å²) in [6.45, 7) is 2.18. The molecule has 0 bridgehead atoms. The Morgan fingerprint density at radius 3 is 2.84 bits per heavy atom. The number of aromatic nitrogens is 1. The molecule has 0 N–H and O–H groups in total. The molecule has 19 heavy (non-hydrogen) atoms. The minimum atomic E-state index is -0.773. The number of nitro groups is 1. The van der Waals surface area contributed by atoms with Crippen LogP contribution in [0.1, 0.15) is 0 Å². The van der Waals surface area contributed by atoms with Crippen molar-refractivity contribution in [2.75, 3.05) is 26.3 Å². The zero-order valence-corrected chi connectivity index (χ0v) is 10.3. The van der Waals surface area contributed by atoms with Gasteiger partial charge in [0.05, 0.1) is 18.3 Å². The van der Waals surface area contributed by atoms with Gasteiger partial charge in [0.2, 0.25) is 11.4 Å². The number of carbonyl (C=O) groups excluding carboxylic acids is 1. The SMILES string of the molecule is O=C(Cn1cccc/c1=N\[N+](=O)[O-])N1CCOCC1. The van der Waals surface area contributed by atoms with E-state index in [0.717, 1.165) is 0 Å². The standard InChI is InChI=1S/C11H14N4O4/c16-11(13-5-7-19-8-6-13)9-14-4-2-1-3-10(14)12-15(17)18/h1-4H,5-9H2/b12-10+. The maximum Gasteiger partial charge on any atom is 0.242 e. The number of amides is 1. The van der Waals surface area contributed by atoms with E-state index in [1.54, 1.807) is 23.2 Å². The summed E-state index contributed by atoms with van der Waals surface area (Å²) in [5.74, 6) is -0.0979. The number of hydrogen-bond acceptors (Lipinski definition) is 4. The van der Waals surface area contributed by atoms with Crippen molar-refractivity contribution >= 4 is 5.91 Å². The molecule has 1 saturated heterocycles. The van der Waals surface area contributed by atoms with E-state index in [1.807, 2.05) is 0 Å². The largest absolute Gasteiger partial charge is 0.378 e. The van der Waals surface area contributed by atoms with Gasteiger partial charge in [-0.2, -0.15) is 0 Å². The number of morpholine rings is 1. The highest BCUT2D eigenvalue weighted by molar-refractivity contribution is 5.76. The molecule has 0 aliphatic carbocycles. The van der Waals surface area contributed by atoms with Crippen molar-refractivity contribution in [3.63, 3.8) is 0 Å². The Labute approximate surface area is 109 Å². The first kappa shape index (κ1) is 13.2. The van der Waals surface area contributed by atoms with Crippen LogP contribution in [-0.4, -0.2) is 46.7 Å². The van der Waals surface area contributed by atoms with Crippen molar-refractivity contribution < 1.29 is 14.6 Å². The normalized spacial score (nSPS) is 16.4. The summed E-state index contributed by atoms with van der Waals surface area (Å²) < 4.78 is 6.63. The van der Waals surface area contributed by atoms with Gasteiger partial charge in [-0.1, -0.05) is 6.07 Å². The van der Waals surface area contributed by atoms with Gasteiger partial charge in [-0.25, -0.2) is 10.1 Å². The first-order chi connectivity index (χ1) is 9.16. The smallest absolute Gasteiger partial charge is 0.242 e. The molecule has 0 unspecified atom stereocenters. The molecule has 1 aromatic heterocycles. The van der Waals surface area contributed by atoms with E-state index in [1.165, 1.54) is 10.6 Å². The molecule has 8 nitrogen and oxygen atoms in total. The molecular weight excluding hydrogens is 252 g/mol. The van der Waals surface area contributed by atoms with Gasteiger partial charge in [-0.15, -0.1) is 0 Å². The molecule has 0 saturated carbocycles. The number of hydrogen-bond donors (Lipinski definition) is 0. The maximum absolute atomic E-state index is 12.0. The lowest BCUT2D eigenvalue weighted by Crippen LogP contribution is -2.43. The molecule has 8 heteroatoms. The molecular formula is C11H14N4O4. The Bertz CT molecular complexity index is 533. The number of rotatable bonds is 3. The minimum Gasteiger partial charge on any atom is -0.378 e. The molecule has 2 rings (SSSR count). The van der Waals surface area contributed by atoms with E-state index in [4.69, 9.17) is 4.74 Å². The zero-order valence-electron chi connectivity index (χ0n) is 10.3. The molecule has 1 amide bonds. The summed E-state index contributed by atoms with van der Waals surface area (Å²) >= 11 is 0. The van der Waals surface area contributed by atoms with Crippen molar-refractivity contribution in [3.8, 4) is 0 Å². The predicted octanol–water partition coefficient (Wildman–Crippen LogP) is -0.561. The topological polar surface area (TPSA) is 90.0 Å². The maximum atomic E-state index is 12.0. The summed E-state index contributed by atoms with van der Waals surface area (Å²) in [4.78, 5) is 24.1. The van der Waals surface area contributed by atoms with Crippen molar-refractivity contribution in [2.45, 2.75) is 6.54 Å². The average molecular weight is 266 g/mol. The summed E-state index contributed by atoms with van der Waals surface area (Å²) in [6, 6.07) is 4.83. The van der Waals surface area contributed by atoms with E-state index in [-0.39, 0.29) is 17.9 Å². The number of nitrogens with zero attached hydrogens (tertiary/aromatic N) is 4. The van der Waals surface area contributed by atoms with Crippen LogP contribution in [-0.2, 0) is 16.1 Å². The van der Waals surface area contributed by atoms with E-state index in [2.05, 4.69) is 5.10 Å². The fraction of sp³-hybridized carbons (Fsp3) is 0.455. The number of ether oxygens (including phenoxy) is 1. The minimum absolute atomic E-state index is 0.0352. The van der Waals surface area contributed by atoms with Gasteiger partial charge >= 0.3 is 0 Å². The highest BCUT2D eigenvalue weighted by Gasteiger charge is 2.17. The third-order valence-electron chi connectivity index (χ3n) is 2.77. The van der Waals surface area contributed by atoms with Crippen LogP contribution in [0.3, 0.4) is 0 Å². The molecule has 0 radical (unpaired) electrons. The van der Waals surface area contributed by atoms with Crippen molar-refractivity contribution in [1.82, 2.24) is 9.47 Å². The molecule has 1 fully saturated rings. The fourth-order valence-corrected chi connectivity index (χ4v) is 1.83. The molecule has 0 aromatic carbocycles. The Kier molecular flexibility index (Phi) is 4.24. The highest BCUT2D eigenvalue weighted by Crippen LogP contribution is 1.98. The van der Waals surface area contributed by atoms with Crippen LogP contribution >= 0.6 is 0 Å². The van der Waals surface area contributed by atoms with Crippen LogP contribution in [0.5, 0.6) is 0 Å². The Morgan fingerprint density at radius 2 is 2.16 bits per heavy atom. The van der Waals surface area contributed by atoms with Crippen LogP contribution in [0, 0.1) is 10.1 Å². The summed E-state index contributed by atoms with van der Waals surface area (Å²) in [5, 5.41) is 12.9. The Balaban J connectivity index is 2.14. The van der Waals surface area contributed by atoms with Gasteiger partial charge in [-0.3, -0.25) is 4.79 Å². The van der Waals surface area contributed by atoms with Crippen molar-refractivity contribution in [3.05, 3.63) is 40.0 Å². The fourth-order valence-electron chi connectivity index (χ4n) is 1.83. The van der Waals surface area contributed by atoms with E-state index >= 15 is 0 Å². The Morgan fingerprint density at radius 1 is 1.42 bits per heavy atom. The molecule has 0 spiro atoms. The lowest BCUT2D eigenvalue weighted by molar-refractivity contribution is -0.490. The van der Waals surface area contributed by atoms with Gasteiger partial charge in [0.1, 0.15) is 6.54 Å². The lowest BCUT2D eigenvalue weighted by Gasteiger charge is -2.27. The van der Waals surface area contributed by atoms with E-state index < -0.39 is 5.03 Å². The third-order valence-corrected chi connectivity index (χ3v) is 2.77. The monoisotopic (exact) mass is 266 g/mol. The summed E-state index contributed by atoms with van der Waals surface area (Å²) in [6.07, 6.45) is 1.60.